The van der Waals surface area contributed by atoms with Crippen molar-refractivity contribution in [1.82, 2.24) is 35.7 Å². The Morgan fingerprint density at radius 3 is 2.32 bits per heavy atom. The predicted octanol–water partition coefficient (Wildman–Crippen LogP) is 1.76. The fourth-order valence-electron chi connectivity index (χ4n) is 8.62. The minimum atomic E-state index is -1.03. The molecule has 2 saturated heterocycles. The van der Waals surface area contributed by atoms with Gasteiger partial charge in [-0.2, -0.15) is 0 Å². The molecule has 1 aromatic heterocycles. The molecule has 0 spiro atoms. The van der Waals surface area contributed by atoms with Gasteiger partial charge < -0.3 is 45.1 Å². The van der Waals surface area contributed by atoms with Gasteiger partial charge in [0.15, 0.2) is 0 Å². The van der Waals surface area contributed by atoms with E-state index >= 15 is 0 Å². The molecule has 4 aliphatic rings. The molecule has 7 rings (SSSR count). The molecule has 20 heteroatoms. The first-order chi connectivity index (χ1) is 31.5. The number of nitrogens with zero attached hydrogens (tertiary/aromatic N) is 5. The second-order valence-electron chi connectivity index (χ2n) is 16.3. The molecule has 0 bridgehead atoms. The summed E-state index contributed by atoms with van der Waals surface area (Å²) >= 11 is 6.17. The fourth-order valence-corrected chi connectivity index (χ4v) is 8.74. The molecule has 348 valence electrons. The van der Waals surface area contributed by atoms with Gasteiger partial charge in [0.05, 0.1) is 68.5 Å². The van der Waals surface area contributed by atoms with E-state index in [1.54, 1.807) is 30.3 Å². The Morgan fingerprint density at radius 2 is 1.60 bits per heavy atom. The summed E-state index contributed by atoms with van der Waals surface area (Å²) in [6, 6.07) is 11.1. The van der Waals surface area contributed by atoms with E-state index in [1.807, 2.05) is 17.0 Å². The van der Waals surface area contributed by atoms with Crippen LogP contribution in [-0.4, -0.2) is 158 Å². The maximum atomic E-state index is 14.0. The number of nitrogens with one attached hydrogen (secondary N) is 4. The summed E-state index contributed by atoms with van der Waals surface area (Å²) < 4.78 is 16.8. The van der Waals surface area contributed by atoms with Gasteiger partial charge in [0.2, 0.25) is 23.6 Å². The third-order valence-corrected chi connectivity index (χ3v) is 12.2. The van der Waals surface area contributed by atoms with Crippen molar-refractivity contribution in [3.05, 3.63) is 81.8 Å². The van der Waals surface area contributed by atoms with Gasteiger partial charge in [-0.25, -0.2) is 9.97 Å². The maximum absolute atomic E-state index is 14.0. The Bertz CT molecular complexity index is 2210. The molecule has 65 heavy (non-hydrogen) atoms. The van der Waals surface area contributed by atoms with Crippen LogP contribution in [-0.2, 0) is 33.4 Å². The molecular weight excluding hydrogens is 862 g/mol. The number of benzene rings is 2. The summed E-state index contributed by atoms with van der Waals surface area (Å²) in [7, 11) is 0. The third-order valence-electron chi connectivity index (χ3n) is 12.0. The number of amides is 6. The summed E-state index contributed by atoms with van der Waals surface area (Å²) in [6.45, 7) is 7.71. The summed E-state index contributed by atoms with van der Waals surface area (Å²) in [5, 5.41) is 22.5. The standard InChI is InChI=1S/C45H56ClN9O10/c1-28-25-35(56)40-38(28)41(51-27-50-40)53-15-17-54(18-16-53)43(60)32(29-5-7-30(46)8-6-29)26-47-12-11-36(57)49-14-20-64-22-24-65-23-21-63-19-13-48-33-4-2-3-31-39(33)45(62)55(44(31)61)34-9-10-37(58)52-42(34)59/h2-8,27-28,32,34-35,47-48,56H,9-26H2,1H3,(H,49,57)(H,52,58,59)/t28-,32-,34?,35-/m1/s1. The molecule has 19 nitrogen and oxygen atoms in total. The Hall–Kier alpha value is -5.57. The highest BCUT2D eigenvalue weighted by Gasteiger charge is 2.45. The number of piperazine rings is 1. The van der Waals surface area contributed by atoms with E-state index in [1.165, 1.54) is 6.33 Å². The molecule has 1 unspecified atom stereocenters. The molecular formula is C45H56ClN9O10. The lowest BCUT2D eigenvalue weighted by Gasteiger charge is -2.38. The lowest BCUT2D eigenvalue weighted by molar-refractivity contribution is -0.136. The monoisotopic (exact) mass is 917 g/mol. The van der Waals surface area contributed by atoms with Crippen molar-refractivity contribution in [2.24, 2.45) is 0 Å². The van der Waals surface area contributed by atoms with Crippen molar-refractivity contribution in [1.29, 1.82) is 0 Å². The average molecular weight is 918 g/mol. The number of anilines is 2. The predicted molar refractivity (Wildman–Crippen MR) is 238 cm³/mol. The van der Waals surface area contributed by atoms with Gasteiger partial charge in [-0.1, -0.05) is 36.7 Å². The SMILES string of the molecule is C[C@@H]1C[C@@H](O)c2ncnc(N3CCN(C(=O)[C@H](CNCCC(=O)NCCOCCOCCOCCNc4cccc5c4C(=O)N(C4CCC(=O)NC4=O)C5=O)c4ccc(Cl)cc4)CC3)c21. The summed E-state index contributed by atoms with van der Waals surface area (Å²) in [5.41, 5.74) is 3.37. The number of rotatable bonds is 22. The number of ether oxygens (including phenoxy) is 3. The first kappa shape index (κ1) is 47.4. The van der Waals surface area contributed by atoms with Gasteiger partial charge >= 0.3 is 0 Å². The zero-order valence-corrected chi connectivity index (χ0v) is 37.1. The van der Waals surface area contributed by atoms with Crippen LogP contribution < -0.4 is 26.2 Å². The minimum absolute atomic E-state index is 0.00268. The van der Waals surface area contributed by atoms with Gasteiger partial charge in [0.25, 0.3) is 11.8 Å². The number of hydrogen-bond donors (Lipinski definition) is 5. The van der Waals surface area contributed by atoms with E-state index in [2.05, 4.69) is 43.1 Å². The first-order valence-electron chi connectivity index (χ1n) is 22.1. The number of aromatic nitrogens is 2. The van der Waals surface area contributed by atoms with Crippen LogP contribution in [0.2, 0.25) is 5.02 Å². The minimum Gasteiger partial charge on any atom is -0.387 e. The highest BCUT2D eigenvalue weighted by atomic mass is 35.5. The molecule has 5 N–H and O–H groups in total. The number of aliphatic hydroxyl groups is 1. The average Bonchev–Trinajstić information content (AvgIpc) is 3.74. The number of hydrogen-bond acceptors (Lipinski definition) is 15. The number of imide groups is 2. The highest BCUT2D eigenvalue weighted by molar-refractivity contribution is 6.30. The summed E-state index contributed by atoms with van der Waals surface area (Å²) in [5.74, 6) is -1.85. The van der Waals surface area contributed by atoms with Gasteiger partial charge in [-0.05, 0) is 48.6 Å². The van der Waals surface area contributed by atoms with E-state index in [0.717, 1.165) is 21.8 Å². The Labute approximate surface area is 381 Å². The first-order valence-corrected chi connectivity index (χ1v) is 22.5. The lowest BCUT2D eigenvalue weighted by Crippen LogP contribution is -2.54. The lowest BCUT2D eigenvalue weighted by atomic mass is 9.97. The number of carbonyl (C=O) groups excluding carboxylic acids is 6. The van der Waals surface area contributed by atoms with Gasteiger partial charge in [-0.15, -0.1) is 0 Å². The largest absolute Gasteiger partial charge is 0.387 e. The fraction of sp³-hybridized carbons (Fsp3) is 0.511. The summed E-state index contributed by atoms with van der Waals surface area (Å²) in [6.07, 6.45) is 1.91. The topological polar surface area (TPSA) is 234 Å². The van der Waals surface area contributed by atoms with Crippen LogP contribution in [0.5, 0.6) is 0 Å². The normalized spacial score (nSPS) is 19.9. The molecule has 4 atom stereocenters. The van der Waals surface area contributed by atoms with Crippen LogP contribution in [0, 0.1) is 0 Å². The van der Waals surface area contributed by atoms with Gasteiger partial charge in [0, 0.05) is 81.5 Å². The van der Waals surface area contributed by atoms with E-state index in [9.17, 15) is 33.9 Å². The van der Waals surface area contributed by atoms with Crippen molar-refractivity contribution < 1.29 is 48.1 Å². The molecule has 2 fully saturated rings. The van der Waals surface area contributed by atoms with E-state index in [0.29, 0.717) is 115 Å². The number of aliphatic hydroxyl groups excluding tert-OH is 1. The van der Waals surface area contributed by atoms with Crippen molar-refractivity contribution in [3.8, 4) is 0 Å². The second-order valence-corrected chi connectivity index (χ2v) is 16.7. The zero-order valence-electron chi connectivity index (χ0n) is 36.4. The Morgan fingerprint density at radius 1 is 0.892 bits per heavy atom. The smallest absolute Gasteiger partial charge is 0.264 e. The van der Waals surface area contributed by atoms with E-state index in [4.69, 9.17) is 25.8 Å². The van der Waals surface area contributed by atoms with Gasteiger partial charge in [-0.3, -0.25) is 39.0 Å². The van der Waals surface area contributed by atoms with Crippen LogP contribution in [0.15, 0.2) is 48.8 Å². The maximum Gasteiger partial charge on any atom is 0.264 e. The molecule has 6 amide bonds. The number of halogens is 1. The van der Waals surface area contributed by atoms with Crippen LogP contribution in [0.25, 0.3) is 0 Å². The molecule has 4 heterocycles. The third kappa shape index (κ3) is 11.6. The van der Waals surface area contributed by atoms with Gasteiger partial charge in [0.1, 0.15) is 18.2 Å². The number of fused-ring (bicyclic) bond motifs is 2. The number of piperidine rings is 1. The van der Waals surface area contributed by atoms with Crippen molar-refractivity contribution in [2.45, 2.75) is 56.6 Å². The van der Waals surface area contributed by atoms with Crippen LogP contribution >= 0.6 is 11.6 Å². The quantitative estimate of drug-likeness (QED) is 0.0714. The Balaban J connectivity index is 0.725. The highest BCUT2D eigenvalue weighted by Crippen LogP contribution is 2.43. The van der Waals surface area contributed by atoms with E-state index < -0.39 is 41.7 Å². The Kier molecular flexibility index (Phi) is 16.4. The van der Waals surface area contributed by atoms with Crippen molar-refractivity contribution in [2.75, 3.05) is 102 Å². The number of carbonyl (C=O) groups is 6. The second kappa shape index (κ2) is 22.6. The van der Waals surface area contributed by atoms with Crippen molar-refractivity contribution >= 4 is 58.5 Å². The molecule has 0 saturated carbocycles. The molecule has 1 aliphatic carbocycles. The molecule has 3 aliphatic heterocycles. The molecule has 3 aromatic rings. The molecule has 2 aromatic carbocycles. The zero-order chi connectivity index (χ0) is 45.9. The summed E-state index contributed by atoms with van der Waals surface area (Å²) in [4.78, 5) is 90.6. The van der Waals surface area contributed by atoms with Crippen molar-refractivity contribution in [3.63, 3.8) is 0 Å². The molecule has 0 radical (unpaired) electrons. The van der Waals surface area contributed by atoms with Crippen LogP contribution in [0.1, 0.15) is 88.1 Å². The van der Waals surface area contributed by atoms with Crippen LogP contribution in [0.3, 0.4) is 0 Å². The van der Waals surface area contributed by atoms with Crippen LogP contribution in [0.4, 0.5) is 11.5 Å². The van der Waals surface area contributed by atoms with E-state index in [-0.39, 0.29) is 48.1 Å².